The van der Waals surface area contributed by atoms with Gasteiger partial charge >= 0.3 is 0 Å². The second-order valence-corrected chi connectivity index (χ2v) is 4.48. The minimum absolute atomic E-state index is 0.205. The van der Waals surface area contributed by atoms with Gasteiger partial charge in [0.05, 0.1) is 11.8 Å². The second kappa shape index (κ2) is 4.70. The molecule has 16 heavy (non-hydrogen) atoms. The van der Waals surface area contributed by atoms with Crippen LogP contribution in [-0.2, 0) is 0 Å². The maximum atomic E-state index is 9.53. The number of nitrogens with zero attached hydrogens (tertiary/aromatic N) is 2. The third-order valence-electron chi connectivity index (χ3n) is 3.34. The molecule has 0 unspecified atom stereocenters. The van der Waals surface area contributed by atoms with Gasteiger partial charge in [-0.05, 0) is 37.8 Å². The predicted octanol–water partition coefficient (Wildman–Crippen LogP) is 1.26. The Balaban J connectivity index is 2.02. The van der Waals surface area contributed by atoms with Crippen molar-refractivity contribution in [2.45, 2.75) is 25.9 Å². The van der Waals surface area contributed by atoms with Gasteiger partial charge in [0.15, 0.2) is 5.82 Å². The first kappa shape index (κ1) is 11.2. The fourth-order valence-corrected chi connectivity index (χ4v) is 2.27. The first-order chi connectivity index (χ1) is 7.68. The summed E-state index contributed by atoms with van der Waals surface area (Å²) in [5.41, 5.74) is 6.63. The normalized spacial score (nSPS) is 19.8. The van der Waals surface area contributed by atoms with Crippen LogP contribution in [0.1, 0.15) is 19.8 Å². The monoisotopic (exact) mass is 221 g/mol. The predicted molar refractivity (Wildman–Crippen MR) is 65.3 cm³/mol. The zero-order valence-corrected chi connectivity index (χ0v) is 9.63. The first-order valence-corrected chi connectivity index (χ1v) is 5.82. The van der Waals surface area contributed by atoms with Crippen molar-refractivity contribution in [2.24, 2.45) is 5.92 Å². The molecule has 1 saturated heterocycles. The molecular formula is C12H19N3O. The lowest BCUT2D eigenvalue weighted by atomic mass is 9.92. The van der Waals surface area contributed by atoms with Crippen LogP contribution in [-0.4, -0.2) is 29.3 Å². The zero-order valence-electron chi connectivity index (χ0n) is 9.63. The van der Waals surface area contributed by atoms with E-state index < -0.39 is 0 Å². The summed E-state index contributed by atoms with van der Waals surface area (Å²) in [6, 6.07) is 3.73. The number of aliphatic hydroxyl groups is 1. The first-order valence-electron chi connectivity index (χ1n) is 5.82. The number of hydrogen-bond acceptors (Lipinski definition) is 4. The molecule has 1 aliphatic heterocycles. The van der Waals surface area contributed by atoms with E-state index in [4.69, 9.17) is 5.73 Å². The summed E-state index contributed by atoms with van der Waals surface area (Å²) in [7, 11) is 0. The third kappa shape index (κ3) is 2.27. The van der Waals surface area contributed by atoms with Crippen molar-refractivity contribution in [3.8, 4) is 0 Å². The van der Waals surface area contributed by atoms with Crippen LogP contribution in [0.2, 0.25) is 0 Å². The van der Waals surface area contributed by atoms with Gasteiger partial charge in [0, 0.05) is 19.3 Å². The number of nitrogen functional groups attached to an aromatic ring is 1. The highest BCUT2D eigenvalue weighted by Crippen LogP contribution is 2.26. The number of rotatable bonds is 2. The fourth-order valence-electron chi connectivity index (χ4n) is 2.27. The molecule has 0 spiro atoms. The summed E-state index contributed by atoms with van der Waals surface area (Å²) in [5.74, 6) is 1.30. The lowest BCUT2D eigenvalue weighted by molar-refractivity contribution is 0.110. The average molecular weight is 221 g/mol. The minimum Gasteiger partial charge on any atom is -0.396 e. The van der Waals surface area contributed by atoms with E-state index in [-0.39, 0.29) is 6.10 Å². The molecule has 1 aromatic rings. The van der Waals surface area contributed by atoms with Crippen molar-refractivity contribution in [3.05, 3.63) is 18.3 Å². The molecule has 1 aromatic heterocycles. The molecule has 4 nitrogen and oxygen atoms in total. The average Bonchev–Trinajstić information content (AvgIpc) is 2.30. The van der Waals surface area contributed by atoms with Crippen molar-refractivity contribution < 1.29 is 5.11 Å². The van der Waals surface area contributed by atoms with Crippen LogP contribution >= 0.6 is 0 Å². The quantitative estimate of drug-likeness (QED) is 0.789. The Bertz CT molecular complexity index is 346. The molecule has 2 rings (SSSR count). The van der Waals surface area contributed by atoms with Crippen molar-refractivity contribution in [1.29, 1.82) is 0 Å². The third-order valence-corrected chi connectivity index (χ3v) is 3.34. The van der Waals surface area contributed by atoms with Crippen molar-refractivity contribution in [1.82, 2.24) is 4.98 Å². The van der Waals surface area contributed by atoms with Gasteiger partial charge in [-0.2, -0.15) is 0 Å². The highest BCUT2D eigenvalue weighted by Gasteiger charge is 2.23. The van der Waals surface area contributed by atoms with Crippen molar-refractivity contribution in [3.63, 3.8) is 0 Å². The topological polar surface area (TPSA) is 62.4 Å². The minimum atomic E-state index is -0.205. The summed E-state index contributed by atoms with van der Waals surface area (Å²) in [6.45, 7) is 3.73. The van der Waals surface area contributed by atoms with Crippen molar-refractivity contribution in [2.75, 3.05) is 23.7 Å². The molecule has 0 saturated carbocycles. The second-order valence-electron chi connectivity index (χ2n) is 4.48. The Morgan fingerprint density at radius 3 is 2.75 bits per heavy atom. The molecule has 0 aliphatic carbocycles. The Kier molecular flexibility index (Phi) is 3.29. The van der Waals surface area contributed by atoms with Gasteiger partial charge in [0.2, 0.25) is 0 Å². The maximum absolute atomic E-state index is 9.53. The number of pyridine rings is 1. The summed E-state index contributed by atoms with van der Waals surface area (Å²) >= 11 is 0. The van der Waals surface area contributed by atoms with Gasteiger partial charge < -0.3 is 15.7 Å². The molecule has 0 radical (unpaired) electrons. The van der Waals surface area contributed by atoms with E-state index in [1.165, 1.54) is 0 Å². The smallest absolute Gasteiger partial charge is 0.151 e. The molecule has 2 heterocycles. The van der Waals surface area contributed by atoms with Gasteiger partial charge in [-0.3, -0.25) is 0 Å². The number of hydrogen-bond donors (Lipinski definition) is 2. The van der Waals surface area contributed by atoms with E-state index in [1.54, 1.807) is 6.20 Å². The maximum Gasteiger partial charge on any atom is 0.151 e. The van der Waals surface area contributed by atoms with E-state index in [0.29, 0.717) is 5.92 Å². The standard InChI is InChI=1S/C12H19N3O/c1-9(16)10-4-7-15(8-5-10)12-11(13)3-2-6-14-12/h2-3,6,9-10,16H,4-5,7-8,13H2,1H3/t9-/m0/s1. The van der Waals surface area contributed by atoms with Gasteiger partial charge in [-0.15, -0.1) is 0 Å². The van der Waals surface area contributed by atoms with E-state index in [0.717, 1.165) is 37.4 Å². The lowest BCUT2D eigenvalue weighted by Gasteiger charge is -2.34. The molecule has 0 aromatic carbocycles. The molecule has 1 aliphatic rings. The Labute approximate surface area is 96.1 Å². The van der Waals surface area contributed by atoms with Gasteiger partial charge in [-0.25, -0.2) is 4.98 Å². The number of piperidine rings is 1. The summed E-state index contributed by atoms with van der Waals surface area (Å²) < 4.78 is 0. The van der Waals surface area contributed by atoms with E-state index in [2.05, 4.69) is 9.88 Å². The van der Waals surface area contributed by atoms with Crippen LogP contribution < -0.4 is 10.6 Å². The molecule has 4 heteroatoms. The number of anilines is 2. The number of aromatic nitrogens is 1. The van der Waals surface area contributed by atoms with E-state index in [9.17, 15) is 5.11 Å². The van der Waals surface area contributed by atoms with E-state index >= 15 is 0 Å². The van der Waals surface area contributed by atoms with Gasteiger partial charge in [0.25, 0.3) is 0 Å². The highest BCUT2D eigenvalue weighted by atomic mass is 16.3. The molecule has 0 amide bonds. The SMILES string of the molecule is C[C@H](O)C1CCN(c2ncccc2N)CC1. The van der Waals surface area contributed by atoms with Crippen LogP contribution in [0.4, 0.5) is 11.5 Å². The van der Waals surface area contributed by atoms with E-state index in [1.807, 2.05) is 19.1 Å². The molecule has 1 fully saturated rings. The van der Waals surface area contributed by atoms with Crippen molar-refractivity contribution >= 4 is 11.5 Å². The molecule has 3 N–H and O–H groups in total. The lowest BCUT2D eigenvalue weighted by Crippen LogP contribution is -2.37. The number of aliphatic hydroxyl groups excluding tert-OH is 1. The van der Waals surface area contributed by atoms with Crippen LogP contribution in [0.25, 0.3) is 0 Å². The fraction of sp³-hybridized carbons (Fsp3) is 0.583. The Morgan fingerprint density at radius 1 is 1.50 bits per heavy atom. The van der Waals surface area contributed by atoms with Gasteiger partial charge in [-0.1, -0.05) is 0 Å². The largest absolute Gasteiger partial charge is 0.396 e. The summed E-state index contributed by atoms with van der Waals surface area (Å²) in [5, 5.41) is 9.53. The molecule has 0 bridgehead atoms. The Hall–Kier alpha value is -1.29. The van der Waals surface area contributed by atoms with Crippen LogP contribution in [0.3, 0.4) is 0 Å². The molecule has 88 valence electrons. The Morgan fingerprint density at radius 2 is 2.19 bits per heavy atom. The highest BCUT2D eigenvalue weighted by molar-refractivity contribution is 5.62. The van der Waals surface area contributed by atoms with Crippen LogP contribution in [0.15, 0.2) is 18.3 Å². The number of nitrogens with two attached hydrogens (primary N) is 1. The molecule has 1 atom stereocenters. The molecular weight excluding hydrogens is 202 g/mol. The zero-order chi connectivity index (χ0) is 11.5. The summed E-state index contributed by atoms with van der Waals surface area (Å²) in [6.07, 6.45) is 3.58. The summed E-state index contributed by atoms with van der Waals surface area (Å²) in [4.78, 5) is 6.51. The van der Waals surface area contributed by atoms with Crippen LogP contribution in [0.5, 0.6) is 0 Å². The van der Waals surface area contributed by atoms with Gasteiger partial charge in [0.1, 0.15) is 0 Å². The van der Waals surface area contributed by atoms with Crippen LogP contribution in [0, 0.1) is 5.92 Å².